The minimum atomic E-state index is -1.42. The summed E-state index contributed by atoms with van der Waals surface area (Å²) in [5, 5.41) is 17.8. The lowest BCUT2D eigenvalue weighted by atomic mass is 10.0. The topological polar surface area (TPSA) is 74.6 Å². The number of carbonyl (C=O) groups is 1. The largest absolute Gasteiger partial charge is 0.508 e. The summed E-state index contributed by atoms with van der Waals surface area (Å²) in [5.74, 6) is -2.95. The molecule has 0 heterocycles. The van der Waals surface area contributed by atoms with Gasteiger partial charge in [0.15, 0.2) is 5.92 Å². The molecule has 0 amide bonds. The molecule has 13 heavy (non-hydrogen) atoms. The van der Waals surface area contributed by atoms with E-state index in [1.807, 2.05) is 0 Å². The number of carboxylic acid groups (broad SMARTS) is 1. The lowest BCUT2D eigenvalue weighted by Gasteiger charge is -2.05. The van der Waals surface area contributed by atoms with Crippen molar-refractivity contribution in [1.82, 2.24) is 0 Å². The van der Waals surface area contributed by atoms with Crippen LogP contribution >= 0.6 is 0 Å². The van der Waals surface area contributed by atoms with Gasteiger partial charge in [-0.05, 0) is 6.07 Å². The number of phenolic OH excluding ortho intramolecular Hbond substituents is 1. The van der Waals surface area contributed by atoms with E-state index in [0.29, 0.717) is 0 Å². The summed E-state index contributed by atoms with van der Waals surface area (Å²) >= 11 is 0. The molecule has 0 aliphatic rings. The molecule has 4 heteroatoms. The first-order chi connectivity index (χ1) is 6.16. The SMILES string of the molecule is O=[C]C(C(=O)O)c1ccccc1O. The van der Waals surface area contributed by atoms with Crippen LogP contribution in [0.4, 0.5) is 0 Å². The fourth-order valence-electron chi connectivity index (χ4n) is 0.979. The fourth-order valence-corrected chi connectivity index (χ4v) is 0.979. The maximum absolute atomic E-state index is 10.5. The Kier molecular flexibility index (Phi) is 2.64. The van der Waals surface area contributed by atoms with E-state index in [-0.39, 0.29) is 11.3 Å². The van der Waals surface area contributed by atoms with Crippen molar-refractivity contribution in [3.8, 4) is 5.75 Å². The summed E-state index contributed by atoms with van der Waals surface area (Å²) in [6.07, 6.45) is 1.35. The average Bonchev–Trinajstić information content (AvgIpc) is 2.09. The van der Waals surface area contributed by atoms with Gasteiger partial charge < -0.3 is 10.2 Å². The molecular formula is C9H7O4. The van der Waals surface area contributed by atoms with Crippen molar-refractivity contribution >= 4 is 12.3 Å². The zero-order valence-corrected chi connectivity index (χ0v) is 6.60. The third kappa shape index (κ3) is 1.84. The second-order valence-electron chi connectivity index (χ2n) is 2.45. The van der Waals surface area contributed by atoms with Crippen LogP contribution in [0.15, 0.2) is 24.3 Å². The number of para-hydroxylation sites is 1. The molecule has 0 spiro atoms. The Morgan fingerprint density at radius 1 is 1.38 bits per heavy atom. The lowest BCUT2D eigenvalue weighted by molar-refractivity contribution is -0.137. The fraction of sp³-hybridized carbons (Fsp3) is 0.111. The highest BCUT2D eigenvalue weighted by molar-refractivity contribution is 5.93. The standard InChI is InChI=1S/C9H7O4/c10-5-7(9(12)13)6-3-1-2-4-8(6)11/h1-4,7,11H,(H,12,13). The second kappa shape index (κ2) is 3.71. The van der Waals surface area contributed by atoms with Gasteiger partial charge in [-0.1, -0.05) is 18.2 Å². The van der Waals surface area contributed by atoms with E-state index in [0.717, 1.165) is 0 Å². The Morgan fingerprint density at radius 2 is 2.00 bits per heavy atom. The molecule has 1 rings (SSSR count). The lowest BCUT2D eigenvalue weighted by Crippen LogP contribution is -2.12. The zero-order chi connectivity index (χ0) is 9.84. The molecule has 0 aliphatic heterocycles. The molecule has 1 unspecified atom stereocenters. The van der Waals surface area contributed by atoms with Crippen LogP contribution < -0.4 is 0 Å². The first-order valence-corrected chi connectivity index (χ1v) is 3.55. The number of carbonyl (C=O) groups excluding carboxylic acids is 1. The van der Waals surface area contributed by atoms with E-state index >= 15 is 0 Å². The summed E-state index contributed by atoms with van der Waals surface area (Å²) in [6.45, 7) is 0. The van der Waals surface area contributed by atoms with Crippen molar-refractivity contribution in [2.75, 3.05) is 0 Å². The highest BCUT2D eigenvalue weighted by Crippen LogP contribution is 2.23. The zero-order valence-electron chi connectivity index (χ0n) is 6.60. The molecule has 1 aromatic rings. The van der Waals surface area contributed by atoms with E-state index in [1.54, 1.807) is 12.1 Å². The molecule has 67 valence electrons. The van der Waals surface area contributed by atoms with Gasteiger partial charge >= 0.3 is 5.97 Å². The van der Waals surface area contributed by atoms with E-state index in [2.05, 4.69) is 0 Å². The molecule has 0 aliphatic carbocycles. The van der Waals surface area contributed by atoms with Crippen molar-refractivity contribution in [1.29, 1.82) is 0 Å². The Bertz CT molecular complexity index is 332. The quantitative estimate of drug-likeness (QED) is 0.669. The van der Waals surface area contributed by atoms with E-state index in [4.69, 9.17) is 5.11 Å². The maximum Gasteiger partial charge on any atom is 0.319 e. The van der Waals surface area contributed by atoms with Gasteiger partial charge in [0.2, 0.25) is 6.29 Å². The monoisotopic (exact) mass is 179 g/mol. The van der Waals surface area contributed by atoms with Crippen molar-refractivity contribution in [3.63, 3.8) is 0 Å². The molecular weight excluding hydrogens is 172 g/mol. The molecule has 0 fully saturated rings. The molecule has 0 aromatic heterocycles. The highest BCUT2D eigenvalue weighted by atomic mass is 16.4. The van der Waals surface area contributed by atoms with Crippen LogP contribution in [0, 0.1) is 0 Å². The van der Waals surface area contributed by atoms with Gasteiger partial charge in [0, 0.05) is 5.56 Å². The van der Waals surface area contributed by atoms with Gasteiger partial charge in [0.1, 0.15) is 5.75 Å². The van der Waals surface area contributed by atoms with Crippen molar-refractivity contribution in [2.24, 2.45) is 0 Å². The summed E-state index contributed by atoms with van der Waals surface area (Å²) in [4.78, 5) is 20.8. The minimum Gasteiger partial charge on any atom is -0.508 e. The number of aliphatic carboxylic acids is 1. The predicted molar refractivity (Wildman–Crippen MR) is 44.2 cm³/mol. The van der Waals surface area contributed by atoms with Crippen molar-refractivity contribution in [2.45, 2.75) is 5.92 Å². The van der Waals surface area contributed by atoms with E-state index in [9.17, 15) is 14.7 Å². The van der Waals surface area contributed by atoms with Crippen LogP contribution in [0.5, 0.6) is 5.75 Å². The van der Waals surface area contributed by atoms with E-state index in [1.165, 1.54) is 18.4 Å². The first kappa shape index (κ1) is 9.25. The van der Waals surface area contributed by atoms with Gasteiger partial charge in [-0.3, -0.25) is 9.59 Å². The Labute approximate surface area is 74.4 Å². The van der Waals surface area contributed by atoms with Gasteiger partial charge in [-0.15, -0.1) is 0 Å². The number of hydrogen-bond acceptors (Lipinski definition) is 3. The third-order valence-electron chi connectivity index (χ3n) is 1.61. The Morgan fingerprint density at radius 3 is 2.46 bits per heavy atom. The van der Waals surface area contributed by atoms with E-state index < -0.39 is 11.9 Å². The summed E-state index contributed by atoms with van der Waals surface area (Å²) < 4.78 is 0. The molecule has 1 radical (unpaired) electrons. The minimum absolute atomic E-state index is 0.0602. The molecule has 1 atom stereocenters. The van der Waals surface area contributed by atoms with Gasteiger partial charge in [-0.2, -0.15) is 0 Å². The molecule has 4 nitrogen and oxygen atoms in total. The number of phenols is 1. The number of aromatic hydroxyl groups is 1. The molecule has 0 bridgehead atoms. The summed E-state index contributed by atoms with van der Waals surface area (Å²) in [6, 6.07) is 5.78. The van der Waals surface area contributed by atoms with Crippen LogP contribution in [0.3, 0.4) is 0 Å². The molecule has 0 saturated carbocycles. The third-order valence-corrected chi connectivity index (χ3v) is 1.61. The summed E-state index contributed by atoms with van der Waals surface area (Å²) in [5.41, 5.74) is 0.0602. The first-order valence-electron chi connectivity index (χ1n) is 3.55. The number of benzene rings is 1. The Hall–Kier alpha value is -1.84. The predicted octanol–water partition coefficient (Wildman–Crippen LogP) is 0.670. The van der Waals surface area contributed by atoms with Crippen molar-refractivity contribution in [3.05, 3.63) is 29.8 Å². The van der Waals surface area contributed by atoms with Crippen LogP contribution in [0.25, 0.3) is 0 Å². The normalized spacial score (nSPS) is 12.0. The highest BCUT2D eigenvalue weighted by Gasteiger charge is 2.22. The van der Waals surface area contributed by atoms with Crippen LogP contribution in [-0.2, 0) is 9.59 Å². The summed E-state index contributed by atoms with van der Waals surface area (Å²) in [7, 11) is 0. The maximum atomic E-state index is 10.5. The second-order valence-corrected chi connectivity index (χ2v) is 2.45. The number of rotatable bonds is 3. The van der Waals surface area contributed by atoms with Crippen molar-refractivity contribution < 1.29 is 19.8 Å². The number of carboxylic acids is 1. The van der Waals surface area contributed by atoms with Gasteiger partial charge in [0.25, 0.3) is 0 Å². The molecule has 0 saturated heterocycles. The Balaban J connectivity index is 3.12. The molecule has 2 N–H and O–H groups in total. The van der Waals surface area contributed by atoms with Crippen LogP contribution in [0.2, 0.25) is 0 Å². The van der Waals surface area contributed by atoms with Crippen LogP contribution in [0.1, 0.15) is 11.5 Å². The number of hydrogen-bond donors (Lipinski definition) is 2. The smallest absolute Gasteiger partial charge is 0.319 e. The van der Waals surface area contributed by atoms with Gasteiger partial charge in [-0.25, -0.2) is 0 Å². The average molecular weight is 179 g/mol. The van der Waals surface area contributed by atoms with Gasteiger partial charge in [0.05, 0.1) is 0 Å². The van der Waals surface area contributed by atoms with Crippen LogP contribution in [-0.4, -0.2) is 22.5 Å². The molecule has 1 aromatic carbocycles.